The fraction of sp³-hybridized carbons (Fsp3) is 0.0769. The first kappa shape index (κ1) is 11.7. The van der Waals surface area contributed by atoms with E-state index in [0.29, 0.717) is 5.56 Å². The number of aromatic nitrogens is 1. The van der Waals surface area contributed by atoms with Crippen LogP contribution in [-0.4, -0.2) is 10.8 Å². The van der Waals surface area contributed by atoms with E-state index in [1.807, 2.05) is 0 Å². The lowest BCUT2D eigenvalue weighted by molar-refractivity contribution is 0.0991. The molecule has 1 aromatic heterocycles. The predicted molar refractivity (Wildman–Crippen MR) is 63.7 cm³/mol. The van der Waals surface area contributed by atoms with Crippen molar-refractivity contribution in [2.24, 2.45) is 0 Å². The molecule has 0 N–H and O–H groups in total. The summed E-state index contributed by atoms with van der Waals surface area (Å²) in [5, 5.41) is 0.271. The Hall–Kier alpha value is -1.74. The molecular formula is C13H9ClFNO. The van der Waals surface area contributed by atoms with Gasteiger partial charge in [0.2, 0.25) is 0 Å². The highest BCUT2D eigenvalue weighted by Gasteiger charge is 2.13. The van der Waals surface area contributed by atoms with Crippen molar-refractivity contribution in [3.8, 4) is 0 Å². The van der Waals surface area contributed by atoms with Crippen LogP contribution in [0.4, 0.5) is 4.39 Å². The number of pyridine rings is 1. The zero-order chi connectivity index (χ0) is 12.3. The molecule has 2 aromatic rings. The molecule has 0 unspecified atom stereocenters. The maximum atomic E-state index is 13.5. The van der Waals surface area contributed by atoms with E-state index in [9.17, 15) is 9.18 Å². The second-order valence-electron chi connectivity index (χ2n) is 3.54. The van der Waals surface area contributed by atoms with Gasteiger partial charge in [-0.2, -0.15) is 0 Å². The van der Waals surface area contributed by atoms with Crippen LogP contribution in [0.1, 0.15) is 15.9 Å². The number of hydrogen-bond donors (Lipinski definition) is 0. The van der Waals surface area contributed by atoms with Gasteiger partial charge in [0.05, 0.1) is 0 Å². The predicted octanol–water partition coefficient (Wildman–Crippen LogP) is 3.30. The van der Waals surface area contributed by atoms with Gasteiger partial charge >= 0.3 is 0 Å². The van der Waals surface area contributed by atoms with Crippen molar-refractivity contribution < 1.29 is 9.18 Å². The lowest BCUT2D eigenvalue weighted by atomic mass is 10.0. The van der Waals surface area contributed by atoms with Gasteiger partial charge in [0.25, 0.3) is 0 Å². The van der Waals surface area contributed by atoms with Gasteiger partial charge in [0.15, 0.2) is 5.78 Å². The van der Waals surface area contributed by atoms with E-state index in [2.05, 4.69) is 4.98 Å². The number of carbonyl (C=O) groups is 1. The van der Waals surface area contributed by atoms with E-state index in [-0.39, 0.29) is 22.8 Å². The summed E-state index contributed by atoms with van der Waals surface area (Å²) in [6, 6.07) is 7.56. The average molecular weight is 250 g/mol. The van der Waals surface area contributed by atoms with E-state index in [0.717, 1.165) is 0 Å². The Bertz CT molecular complexity index is 522. The maximum Gasteiger partial charge on any atom is 0.167 e. The van der Waals surface area contributed by atoms with Gasteiger partial charge in [0, 0.05) is 35.0 Å². The zero-order valence-corrected chi connectivity index (χ0v) is 9.62. The molecular weight excluding hydrogens is 241 g/mol. The monoisotopic (exact) mass is 249 g/mol. The molecule has 0 atom stereocenters. The van der Waals surface area contributed by atoms with Crippen molar-refractivity contribution in [2.75, 3.05) is 0 Å². The molecule has 86 valence electrons. The highest BCUT2D eigenvalue weighted by Crippen LogP contribution is 2.20. The molecule has 0 fully saturated rings. The van der Waals surface area contributed by atoms with Crippen LogP contribution in [0.2, 0.25) is 5.02 Å². The van der Waals surface area contributed by atoms with Crippen LogP contribution >= 0.6 is 11.6 Å². The smallest absolute Gasteiger partial charge is 0.167 e. The molecule has 0 bridgehead atoms. The average Bonchev–Trinajstić information content (AvgIpc) is 2.35. The molecule has 0 aliphatic carbocycles. The minimum Gasteiger partial charge on any atom is -0.294 e. The van der Waals surface area contributed by atoms with Gasteiger partial charge < -0.3 is 0 Å². The number of benzene rings is 1. The lowest BCUT2D eigenvalue weighted by Gasteiger charge is -2.05. The van der Waals surface area contributed by atoms with Crippen molar-refractivity contribution in [2.45, 2.75) is 6.42 Å². The number of carbonyl (C=O) groups excluding carboxylic acids is 1. The Morgan fingerprint density at radius 2 is 1.94 bits per heavy atom. The van der Waals surface area contributed by atoms with Crippen LogP contribution in [0.25, 0.3) is 0 Å². The number of ketones is 1. The van der Waals surface area contributed by atoms with Crippen molar-refractivity contribution in [1.82, 2.24) is 4.98 Å². The first-order valence-electron chi connectivity index (χ1n) is 5.04. The zero-order valence-electron chi connectivity index (χ0n) is 8.86. The van der Waals surface area contributed by atoms with Crippen molar-refractivity contribution in [1.29, 1.82) is 0 Å². The number of rotatable bonds is 3. The molecule has 0 radical (unpaired) electrons. The van der Waals surface area contributed by atoms with E-state index < -0.39 is 5.82 Å². The fourth-order valence-corrected chi connectivity index (χ4v) is 1.73. The third-order valence-electron chi connectivity index (χ3n) is 2.40. The summed E-state index contributed by atoms with van der Waals surface area (Å²) in [7, 11) is 0. The van der Waals surface area contributed by atoms with E-state index in [1.165, 1.54) is 24.5 Å². The number of hydrogen-bond acceptors (Lipinski definition) is 2. The van der Waals surface area contributed by atoms with Crippen molar-refractivity contribution >= 4 is 17.4 Å². The molecule has 0 saturated heterocycles. The standard InChI is InChI=1S/C13H9ClFNO/c14-11-2-1-3-12(15)10(11)8-13(17)9-4-6-16-7-5-9/h1-7H,8H2. The number of Topliss-reactive ketones (excluding diaryl/α,β-unsaturated/α-hetero) is 1. The SMILES string of the molecule is O=C(Cc1c(F)cccc1Cl)c1ccncc1. The summed E-state index contributed by atoms with van der Waals surface area (Å²) in [4.78, 5) is 15.7. The van der Waals surface area contributed by atoms with E-state index in [1.54, 1.807) is 18.2 Å². The Labute approximate surface area is 103 Å². The molecule has 2 nitrogen and oxygen atoms in total. The minimum atomic E-state index is -0.458. The van der Waals surface area contributed by atoms with Gasteiger partial charge in [-0.1, -0.05) is 17.7 Å². The quantitative estimate of drug-likeness (QED) is 0.782. The second kappa shape index (κ2) is 5.06. The summed E-state index contributed by atoms with van der Waals surface area (Å²) in [5.41, 5.74) is 0.732. The van der Waals surface area contributed by atoms with Crippen LogP contribution in [0, 0.1) is 5.82 Å². The molecule has 0 aliphatic heterocycles. The van der Waals surface area contributed by atoms with Gasteiger partial charge in [-0.05, 0) is 24.3 Å². The third kappa shape index (κ3) is 2.68. The highest BCUT2D eigenvalue weighted by molar-refractivity contribution is 6.31. The van der Waals surface area contributed by atoms with Crippen LogP contribution in [0.5, 0.6) is 0 Å². The normalized spacial score (nSPS) is 10.2. The Morgan fingerprint density at radius 3 is 2.59 bits per heavy atom. The molecule has 1 aromatic carbocycles. The molecule has 0 saturated carbocycles. The first-order valence-corrected chi connectivity index (χ1v) is 5.42. The molecule has 0 aliphatic rings. The molecule has 0 amide bonds. The van der Waals surface area contributed by atoms with Crippen LogP contribution < -0.4 is 0 Å². The molecule has 4 heteroatoms. The summed E-state index contributed by atoms with van der Waals surface area (Å²) < 4.78 is 13.5. The summed E-state index contributed by atoms with van der Waals surface area (Å²) in [5.74, 6) is -0.640. The summed E-state index contributed by atoms with van der Waals surface area (Å²) in [6.07, 6.45) is 3.00. The second-order valence-corrected chi connectivity index (χ2v) is 3.94. The molecule has 0 spiro atoms. The van der Waals surface area contributed by atoms with Crippen LogP contribution in [0.3, 0.4) is 0 Å². The van der Waals surface area contributed by atoms with Gasteiger partial charge in [0.1, 0.15) is 5.82 Å². The number of halogens is 2. The molecule has 17 heavy (non-hydrogen) atoms. The first-order chi connectivity index (χ1) is 8.18. The van der Waals surface area contributed by atoms with Gasteiger partial charge in [-0.15, -0.1) is 0 Å². The molecule has 1 heterocycles. The van der Waals surface area contributed by atoms with Crippen LogP contribution in [0.15, 0.2) is 42.7 Å². The summed E-state index contributed by atoms with van der Waals surface area (Å²) >= 11 is 5.86. The van der Waals surface area contributed by atoms with Gasteiger partial charge in [-0.3, -0.25) is 9.78 Å². The van der Waals surface area contributed by atoms with E-state index >= 15 is 0 Å². The third-order valence-corrected chi connectivity index (χ3v) is 2.76. The Balaban J connectivity index is 2.25. The Morgan fingerprint density at radius 1 is 1.24 bits per heavy atom. The van der Waals surface area contributed by atoms with Crippen LogP contribution in [-0.2, 0) is 6.42 Å². The van der Waals surface area contributed by atoms with E-state index in [4.69, 9.17) is 11.6 Å². The fourth-order valence-electron chi connectivity index (χ4n) is 1.50. The highest BCUT2D eigenvalue weighted by atomic mass is 35.5. The van der Waals surface area contributed by atoms with Gasteiger partial charge in [-0.25, -0.2) is 4.39 Å². The van der Waals surface area contributed by atoms with Crippen molar-refractivity contribution in [3.63, 3.8) is 0 Å². The summed E-state index contributed by atoms with van der Waals surface area (Å²) in [6.45, 7) is 0. The Kier molecular flexibility index (Phi) is 3.49. The minimum absolute atomic E-state index is 0.0461. The lowest BCUT2D eigenvalue weighted by Crippen LogP contribution is -2.05. The number of nitrogens with zero attached hydrogens (tertiary/aromatic N) is 1. The largest absolute Gasteiger partial charge is 0.294 e. The topological polar surface area (TPSA) is 30.0 Å². The maximum absolute atomic E-state index is 13.5. The molecule has 2 rings (SSSR count). The van der Waals surface area contributed by atoms with Crippen molar-refractivity contribution in [3.05, 3.63) is 64.7 Å².